The highest BCUT2D eigenvalue weighted by atomic mass is 16.3. The summed E-state index contributed by atoms with van der Waals surface area (Å²) in [6.45, 7) is 2.97. The Balaban J connectivity index is 2.06. The first-order valence-corrected chi connectivity index (χ1v) is 6.62. The first-order valence-electron chi connectivity index (χ1n) is 6.62. The Morgan fingerprint density at radius 3 is 2.68 bits per heavy atom. The lowest BCUT2D eigenvalue weighted by Crippen LogP contribution is -1.99. The van der Waals surface area contributed by atoms with Gasteiger partial charge in [0.05, 0.1) is 5.52 Å². The van der Waals surface area contributed by atoms with Gasteiger partial charge in [0, 0.05) is 12.7 Å². The largest absolute Gasteiger partial charge is 0.508 e. The number of hydrogen-bond acceptors (Lipinski definition) is 1. The monoisotopic (exact) mass is 251 g/mol. The van der Waals surface area contributed by atoms with Crippen molar-refractivity contribution in [2.24, 2.45) is 0 Å². The molecule has 0 bridgehead atoms. The molecule has 0 amide bonds. The third-order valence-corrected chi connectivity index (χ3v) is 3.52. The summed E-state index contributed by atoms with van der Waals surface area (Å²) >= 11 is 0. The highest BCUT2D eigenvalue weighted by molar-refractivity contribution is 5.83. The number of rotatable bonds is 3. The van der Waals surface area contributed by atoms with Gasteiger partial charge in [-0.05, 0) is 41.1 Å². The Hall–Kier alpha value is -2.22. The zero-order chi connectivity index (χ0) is 13.2. The molecule has 19 heavy (non-hydrogen) atoms. The van der Waals surface area contributed by atoms with Crippen LogP contribution in [-0.4, -0.2) is 9.67 Å². The van der Waals surface area contributed by atoms with Crippen LogP contribution in [0.1, 0.15) is 18.1 Å². The maximum absolute atomic E-state index is 9.55. The van der Waals surface area contributed by atoms with Crippen LogP contribution in [0.5, 0.6) is 5.75 Å². The van der Waals surface area contributed by atoms with Gasteiger partial charge in [0.25, 0.3) is 0 Å². The highest BCUT2D eigenvalue weighted by Crippen LogP contribution is 2.22. The molecule has 0 spiro atoms. The molecular formula is C17H17NO. The van der Waals surface area contributed by atoms with E-state index >= 15 is 0 Å². The van der Waals surface area contributed by atoms with E-state index in [1.807, 2.05) is 18.2 Å². The summed E-state index contributed by atoms with van der Waals surface area (Å²) in [6.07, 6.45) is 3.15. The van der Waals surface area contributed by atoms with Crippen LogP contribution in [0.25, 0.3) is 10.9 Å². The summed E-state index contributed by atoms with van der Waals surface area (Å²) in [4.78, 5) is 0. The van der Waals surface area contributed by atoms with Crippen LogP contribution in [0.3, 0.4) is 0 Å². The number of hydrogen-bond donors (Lipinski definition) is 1. The van der Waals surface area contributed by atoms with E-state index in [1.165, 1.54) is 16.5 Å². The molecule has 0 saturated heterocycles. The maximum Gasteiger partial charge on any atom is 0.115 e. The number of aromatic hydroxyl groups is 1. The molecule has 2 heteroatoms. The minimum Gasteiger partial charge on any atom is -0.508 e. The predicted molar refractivity (Wildman–Crippen MR) is 78.5 cm³/mol. The van der Waals surface area contributed by atoms with Gasteiger partial charge >= 0.3 is 0 Å². The van der Waals surface area contributed by atoms with E-state index in [0.29, 0.717) is 5.75 Å². The van der Waals surface area contributed by atoms with E-state index in [-0.39, 0.29) is 0 Å². The fourth-order valence-electron chi connectivity index (χ4n) is 2.61. The number of para-hydroxylation sites is 1. The lowest BCUT2D eigenvalue weighted by atomic mass is 10.1. The second-order valence-electron chi connectivity index (χ2n) is 4.82. The average molecular weight is 251 g/mol. The fourth-order valence-corrected chi connectivity index (χ4v) is 2.61. The van der Waals surface area contributed by atoms with Gasteiger partial charge in [-0.2, -0.15) is 0 Å². The Bertz CT molecular complexity index is 712. The van der Waals surface area contributed by atoms with Crippen LogP contribution in [0, 0.1) is 0 Å². The topological polar surface area (TPSA) is 25.2 Å². The molecular weight excluding hydrogens is 234 g/mol. The van der Waals surface area contributed by atoms with E-state index < -0.39 is 0 Å². The Morgan fingerprint density at radius 2 is 1.89 bits per heavy atom. The minimum absolute atomic E-state index is 0.324. The zero-order valence-electron chi connectivity index (χ0n) is 11.0. The summed E-state index contributed by atoms with van der Waals surface area (Å²) in [6, 6.07) is 16.0. The quantitative estimate of drug-likeness (QED) is 0.749. The van der Waals surface area contributed by atoms with Gasteiger partial charge < -0.3 is 9.67 Å². The molecule has 1 aromatic heterocycles. The van der Waals surface area contributed by atoms with Crippen molar-refractivity contribution >= 4 is 10.9 Å². The van der Waals surface area contributed by atoms with Crippen molar-refractivity contribution in [1.29, 1.82) is 0 Å². The molecule has 3 rings (SSSR count). The SMILES string of the molecule is CCc1cccc2ccn(Cc3cccc(O)c3)c12. The predicted octanol–water partition coefficient (Wildman–Crippen LogP) is 3.96. The summed E-state index contributed by atoms with van der Waals surface area (Å²) in [5.74, 6) is 0.324. The molecule has 0 aliphatic heterocycles. The van der Waals surface area contributed by atoms with Crippen LogP contribution in [0.4, 0.5) is 0 Å². The Morgan fingerprint density at radius 1 is 1.05 bits per heavy atom. The number of aromatic nitrogens is 1. The van der Waals surface area contributed by atoms with Gasteiger partial charge in [-0.3, -0.25) is 0 Å². The van der Waals surface area contributed by atoms with Gasteiger partial charge in [0.2, 0.25) is 0 Å². The molecule has 1 N–H and O–H groups in total. The van der Waals surface area contributed by atoms with E-state index in [4.69, 9.17) is 0 Å². The molecule has 0 aliphatic rings. The summed E-state index contributed by atoms with van der Waals surface area (Å²) in [7, 11) is 0. The normalized spacial score (nSPS) is 11.0. The highest BCUT2D eigenvalue weighted by Gasteiger charge is 2.06. The van der Waals surface area contributed by atoms with Crippen molar-refractivity contribution in [2.75, 3.05) is 0 Å². The summed E-state index contributed by atoms with van der Waals surface area (Å²) in [5, 5.41) is 10.8. The number of phenolic OH excluding ortho intramolecular Hbond substituents is 1. The Kier molecular flexibility index (Phi) is 3.00. The first kappa shape index (κ1) is 11.8. The summed E-state index contributed by atoms with van der Waals surface area (Å²) in [5.41, 5.74) is 3.78. The number of benzene rings is 2. The molecule has 1 heterocycles. The lowest BCUT2D eigenvalue weighted by molar-refractivity contribution is 0.474. The average Bonchev–Trinajstić information content (AvgIpc) is 2.82. The lowest BCUT2D eigenvalue weighted by Gasteiger charge is -2.09. The molecule has 0 aliphatic carbocycles. The van der Waals surface area contributed by atoms with Crippen molar-refractivity contribution in [3.8, 4) is 5.75 Å². The number of phenols is 1. The third-order valence-electron chi connectivity index (χ3n) is 3.52. The van der Waals surface area contributed by atoms with Crippen LogP contribution in [-0.2, 0) is 13.0 Å². The summed E-state index contributed by atoms with van der Waals surface area (Å²) < 4.78 is 2.25. The number of nitrogens with zero attached hydrogens (tertiary/aromatic N) is 1. The van der Waals surface area contributed by atoms with E-state index in [2.05, 4.69) is 42.0 Å². The van der Waals surface area contributed by atoms with Gasteiger partial charge in [0.1, 0.15) is 5.75 Å². The van der Waals surface area contributed by atoms with Crippen molar-refractivity contribution in [3.63, 3.8) is 0 Å². The van der Waals surface area contributed by atoms with Crippen LogP contribution in [0.2, 0.25) is 0 Å². The molecule has 3 aromatic rings. The molecule has 0 saturated carbocycles. The first-order chi connectivity index (χ1) is 9.28. The van der Waals surface area contributed by atoms with E-state index in [1.54, 1.807) is 6.07 Å². The van der Waals surface area contributed by atoms with Crippen molar-refractivity contribution in [2.45, 2.75) is 19.9 Å². The Labute approximate surface area is 112 Å². The number of aryl methyl sites for hydroxylation is 1. The van der Waals surface area contributed by atoms with E-state index in [9.17, 15) is 5.11 Å². The molecule has 0 radical (unpaired) electrons. The molecule has 96 valence electrons. The third kappa shape index (κ3) is 2.22. The zero-order valence-corrected chi connectivity index (χ0v) is 11.0. The van der Waals surface area contributed by atoms with Crippen molar-refractivity contribution in [3.05, 3.63) is 65.9 Å². The van der Waals surface area contributed by atoms with Crippen molar-refractivity contribution < 1.29 is 5.11 Å². The van der Waals surface area contributed by atoms with Crippen LogP contribution >= 0.6 is 0 Å². The van der Waals surface area contributed by atoms with Gasteiger partial charge in [-0.15, -0.1) is 0 Å². The second-order valence-corrected chi connectivity index (χ2v) is 4.82. The van der Waals surface area contributed by atoms with Crippen molar-refractivity contribution in [1.82, 2.24) is 4.57 Å². The number of fused-ring (bicyclic) bond motifs is 1. The van der Waals surface area contributed by atoms with Gasteiger partial charge in [0.15, 0.2) is 0 Å². The maximum atomic E-state index is 9.55. The molecule has 2 nitrogen and oxygen atoms in total. The molecule has 0 fully saturated rings. The van der Waals surface area contributed by atoms with Gasteiger partial charge in [-0.1, -0.05) is 37.3 Å². The minimum atomic E-state index is 0.324. The molecule has 0 unspecified atom stereocenters. The molecule has 2 aromatic carbocycles. The second kappa shape index (κ2) is 4.81. The fraction of sp³-hybridized carbons (Fsp3) is 0.176. The standard InChI is InChI=1S/C17H17NO/c1-2-14-6-4-7-15-9-10-18(17(14)15)12-13-5-3-8-16(19)11-13/h3-11,19H,2,12H2,1H3. The smallest absolute Gasteiger partial charge is 0.115 e. The van der Waals surface area contributed by atoms with Crippen LogP contribution < -0.4 is 0 Å². The van der Waals surface area contributed by atoms with Gasteiger partial charge in [-0.25, -0.2) is 0 Å². The molecule has 0 atom stereocenters. The van der Waals surface area contributed by atoms with Crippen LogP contribution in [0.15, 0.2) is 54.7 Å². The van der Waals surface area contributed by atoms with E-state index in [0.717, 1.165) is 18.5 Å².